The summed E-state index contributed by atoms with van der Waals surface area (Å²) in [6.07, 6.45) is 10.3. The topological polar surface area (TPSA) is 72.4 Å². The van der Waals surface area contributed by atoms with Crippen molar-refractivity contribution in [2.24, 2.45) is 0 Å². The molecule has 0 saturated carbocycles. The molecule has 6 aromatic rings. The Morgan fingerprint density at radius 2 is 1.75 bits per heavy atom. The Labute approximate surface area is 183 Å². The second-order valence-corrected chi connectivity index (χ2v) is 7.47. The number of fused-ring (bicyclic) bond motifs is 6. The van der Waals surface area contributed by atoms with Gasteiger partial charge in [-0.3, -0.25) is 14.5 Å². The second kappa shape index (κ2) is 6.99. The van der Waals surface area contributed by atoms with Gasteiger partial charge in [-0.05, 0) is 42.5 Å². The third-order valence-corrected chi connectivity index (χ3v) is 5.72. The third-order valence-electron chi connectivity index (χ3n) is 5.72. The van der Waals surface area contributed by atoms with Gasteiger partial charge in [-0.1, -0.05) is 30.9 Å². The van der Waals surface area contributed by atoms with Crippen LogP contribution in [0.2, 0.25) is 0 Å². The largest absolute Gasteiger partial charge is 0.307 e. The van der Waals surface area contributed by atoms with Crippen molar-refractivity contribution in [1.29, 1.82) is 5.41 Å². The van der Waals surface area contributed by atoms with Gasteiger partial charge in [0.15, 0.2) is 0 Å². The molecule has 0 radical (unpaired) electrons. The first-order chi connectivity index (χ1) is 15.8. The predicted octanol–water partition coefficient (Wildman–Crippen LogP) is 5.75. The smallest absolute Gasteiger partial charge is 0.148 e. The number of aromatic nitrogens is 5. The van der Waals surface area contributed by atoms with E-state index in [-0.39, 0.29) is 0 Å². The van der Waals surface area contributed by atoms with Crippen LogP contribution in [-0.2, 0) is 0 Å². The lowest BCUT2D eigenvalue weighted by molar-refractivity contribution is 1.11. The number of benzene rings is 1. The molecule has 6 rings (SSSR count). The Morgan fingerprint density at radius 1 is 0.906 bits per heavy atom. The zero-order chi connectivity index (χ0) is 21.7. The van der Waals surface area contributed by atoms with E-state index in [0.717, 1.165) is 55.4 Å². The molecule has 6 nitrogen and oxygen atoms in total. The van der Waals surface area contributed by atoms with E-state index in [1.807, 2.05) is 48.7 Å². The molecule has 0 unspecified atom stereocenters. The van der Waals surface area contributed by atoms with Gasteiger partial charge in [0.05, 0.1) is 45.2 Å². The third kappa shape index (κ3) is 2.46. The van der Waals surface area contributed by atoms with Gasteiger partial charge in [0.1, 0.15) is 5.65 Å². The Balaban J connectivity index is 1.85. The highest BCUT2D eigenvalue weighted by atomic mass is 15.1. The molecule has 6 heteroatoms. The summed E-state index contributed by atoms with van der Waals surface area (Å²) in [6, 6.07) is 18.2. The van der Waals surface area contributed by atoms with Gasteiger partial charge >= 0.3 is 0 Å². The Bertz CT molecular complexity index is 1700. The minimum absolute atomic E-state index is 0.719. The van der Waals surface area contributed by atoms with Crippen LogP contribution in [0.25, 0.3) is 55.4 Å². The quantitative estimate of drug-likeness (QED) is 0.295. The van der Waals surface area contributed by atoms with E-state index in [1.54, 1.807) is 18.5 Å². The van der Waals surface area contributed by atoms with E-state index in [1.165, 1.54) is 6.21 Å². The van der Waals surface area contributed by atoms with Crippen LogP contribution in [0.15, 0.2) is 91.9 Å². The van der Waals surface area contributed by atoms with Gasteiger partial charge in [0.25, 0.3) is 0 Å². The van der Waals surface area contributed by atoms with Crippen molar-refractivity contribution >= 4 is 55.9 Å². The number of para-hydroxylation sites is 1. The first-order valence-corrected chi connectivity index (χ1v) is 10.2. The molecule has 0 atom stereocenters. The van der Waals surface area contributed by atoms with Crippen molar-refractivity contribution in [2.75, 3.05) is 0 Å². The van der Waals surface area contributed by atoms with Crippen LogP contribution in [0.5, 0.6) is 0 Å². The van der Waals surface area contributed by atoms with Crippen LogP contribution in [0, 0.1) is 5.41 Å². The molecule has 0 bridgehead atoms. The maximum Gasteiger partial charge on any atom is 0.148 e. The first-order valence-electron chi connectivity index (χ1n) is 10.2. The lowest BCUT2D eigenvalue weighted by Gasteiger charge is -2.08. The minimum Gasteiger partial charge on any atom is -0.307 e. The molecule has 5 aromatic heterocycles. The van der Waals surface area contributed by atoms with E-state index in [9.17, 15) is 0 Å². The van der Waals surface area contributed by atoms with Crippen LogP contribution in [0.4, 0.5) is 0 Å². The van der Waals surface area contributed by atoms with Gasteiger partial charge < -0.3 is 9.98 Å². The van der Waals surface area contributed by atoms with Crippen molar-refractivity contribution < 1.29 is 0 Å². The van der Waals surface area contributed by atoms with E-state index >= 15 is 0 Å². The Hall–Kier alpha value is -4.58. The molecule has 152 valence electrons. The lowest BCUT2D eigenvalue weighted by atomic mass is 10.2. The molecule has 0 aliphatic rings. The number of nitrogens with zero attached hydrogens (tertiary/aromatic N) is 5. The van der Waals surface area contributed by atoms with Gasteiger partial charge in [0, 0.05) is 29.4 Å². The summed E-state index contributed by atoms with van der Waals surface area (Å²) in [6.45, 7) is 3.82. The van der Waals surface area contributed by atoms with Gasteiger partial charge in [-0.2, -0.15) is 0 Å². The summed E-state index contributed by atoms with van der Waals surface area (Å²) in [5, 5.41) is 9.97. The number of allylic oxidation sites excluding steroid dienone is 3. The van der Waals surface area contributed by atoms with Crippen molar-refractivity contribution in [3.8, 4) is 5.69 Å². The first kappa shape index (κ1) is 18.2. The molecule has 5 heterocycles. The van der Waals surface area contributed by atoms with Crippen LogP contribution >= 0.6 is 0 Å². The summed E-state index contributed by atoms with van der Waals surface area (Å²) in [5.41, 5.74) is 7.11. The monoisotopic (exact) mass is 414 g/mol. The number of nitrogens with one attached hydrogen (secondary N) is 1. The molecule has 0 amide bonds. The van der Waals surface area contributed by atoms with Crippen LogP contribution < -0.4 is 0 Å². The molecule has 0 aliphatic heterocycles. The molecular formula is C26H18N6. The van der Waals surface area contributed by atoms with Crippen molar-refractivity contribution in [3.63, 3.8) is 0 Å². The highest BCUT2D eigenvalue weighted by molar-refractivity contribution is 6.18. The number of pyridine rings is 3. The molecule has 32 heavy (non-hydrogen) atoms. The average Bonchev–Trinajstić information content (AvgIpc) is 3.34. The predicted molar refractivity (Wildman–Crippen MR) is 130 cm³/mol. The Morgan fingerprint density at radius 3 is 2.56 bits per heavy atom. The summed E-state index contributed by atoms with van der Waals surface area (Å²) >= 11 is 0. The molecule has 0 spiro atoms. The second-order valence-electron chi connectivity index (χ2n) is 7.47. The lowest BCUT2D eigenvalue weighted by Crippen LogP contribution is -1.98. The van der Waals surface area contributed by atoms with Crippen LogP contribution in [0.1, 0.15) is 0 Å². The number of rotatable bonds is 4. The zero-order valence-corrected chi connectivity index (χ0v) is 17.1. The van der Waals surface area contributed by atoms with E-state index < -0.39 is 0 Å². The normalized spacial score (nSPS) is 12.2. The number of hydrogen-bond donors (Lipinski definition) is 1. The SMILES string of the molecule is C=C/C=C(\C=N)n1c2ccccc2c2nc3c(cc21)c1ncccc1n3-c1cccnc1. The average molecular weight is 414 g/mol. The standard InChI is InChI=1S/C26H18N6/c1-2-7-17(15-27)31-21-10-4-3-9-19(21)25-23(31)14-20-24-22(11-6-13-29-24)32(26(20)30-25)18-8-5-12-28-16-18/h2-16,27H,1H2/b17-7+,27-15?. The summed E-state index contributed by atoms with van der Waals surface area (Å²) in [5.74, 6) is 0. The fraction of sp³-hybridized carbons (Fsp3) is 0. The van der Waals surface area contributed by atoms with Crippen molar-refractivity contribution in [1.82, 2.24) is 24.1 Å². The zero-order valence-electron chi connectivity index (χ0n) is 17.1. The molecule has 1 N–H and O–H groups in total. The summed E-state index contributed by atoms with van der Waals surface area (Å²) < 4.78 is 4.16. The fourth-order valence-electron chi connectivity index (χ4n) is 4.44. The highest BCUT2D eigenvalue weighted by Gasteiger charge is 2.20. The Kier molecular flexibility index (Phi) is 3.98. The van der Waals surface area contributed by atoms with E-state index in [0.29, 0.717) is 0 Å². The van der Waals surface area contributed by atoms with Crippen molar-refractivity contribution in [2.45, 2.75) is 0 Å². The maximum absolute atomic E-state index is 7.99. The van der Waals surface area contributed by atoms with Gasteiger partial charge in [-0.15, -0.1) is 0 Å². The van der Waals surface area contributed by atoms with Crippen LogP contribution in [-0.4, -0.2) is 30.3 Å². The summed E-state index contributed by atoms with van der Waals surface area (Å²) in [4.78, 5) is 14.2. The highest BCUT2D eigenvalue weighted by Crippen LogP contribution is 2.36. The molecule has 0 saturated heterocycles. The minimum atomic E-state index is 0.719. The summed E-state index contributed by atoms with van der Waals surface area (Å²) in [7, 11) is 0. The number of hydrogen-bond acceptors (Lipinski definition) is 4. The molecule has 0 aliphatic carbocycles. The van der Waals surface area contributed by atoms with Crippen LogP contribution in [0.3, 0.4) is 0 Å². The van der Waals surface area contributed by atoms with Gasteiger partial charge in [0.2, 0.25) is 0 Å². The van der Waals surface area contributed by atoms with E-state index in [2.05, 4.69) is 43.9 Å². The maximum atomic E-state index is 7.99. The van der Waals surface area contributed by atoms with E-state index in [4.69, 9.17) is 10.4 Å². The van der Waals surface area contributed by atoms with Crippen molar-refractivity contribution in [3.05, 3.63) is 91.9 Å². The fourth-order valence-corrected chi connectivity index (χ4v) is 4.44. The molecule has 0 fully saturated rings. The molecular weight excluding hydrogens is 396 g/mol. The van der Waals surface area contributed by atoms with Gasteiger partial charge in [-0.25, -0.2) is 4.98 Å². The molecule has 1 aromatic carbocycles.